The SMILES string of the molecule is CCC1CCCCN1c1ncc(C(=O)NCc2ccc(Cl)cc2)cn1. The molecule has 0 radical (unpaired) electrons. The Kier molecular flexibility index (Phi) is 5.87. The number of nitrogens with one attached hydrogen (secondary N) is 1. The lowest BCUT2D eigenvalue weighted by molar-refractivity contribution is 0.0950. The highest BCUT2D eigenvalue weighted by Crippen LogP contribution is 2.23. The van der Waals surface area contributed by atoms with Gasteiger partial charge in [0.15, 0.2) is 0 Å². The lowest BCUT2D eigenvalue weighted by Crippen LogP contribution is -2.40. The van der Waals surface area contributed by atoms with E-state index in [1.165, 1.54) is 19.3 Å². The second-order valence-corrected chi connectivity index (χ2v) is 6.77. The minimum Gasteiger partial charge on any atom is -0.348 e. The molecule has 1 aliphatic heterocycles. The first-order valence-corrected chi connectivity index (χ1v) is 9.16. The van der Waals surface area contributed by atoms with E-state index in [0.29, 0.717) is 23.2 Å². The van der Waals surface area contributed by atoms with Gasteiger partial charge in [-0.1, -0.05) is 30.7 Å². The van der Waals surface area contributed by atoms with Crippen LogP contribution in [0.2, 0.25) is 5.02 Å². The number of amides is 1. The van der Waals surface area contributed by atoms with Gasteiger partial charge in [-0.2, -0.15) is 0 Å². The van der Waals surface area contributed by atoms with Crippen LogP contribution in [0.25, 0.3) is 0 Å². The van der Waals surface area contributed by atoms with Gasteiger partial charge in [0.1, 0.15) is 0 Å². The Morgan fingerprint density at radius 3 is 2.64 bits per heavy atom. The normalized spacial score (nSPS) is 17.4. The van der Waals surface area contributed by atoms with Crippen LogP contribution in [0.5, 0.6) is 0 Å². The fraction of sp³-hybridized carbons (Fsp3) is 0.421. The Morgan fingerprint density at radius 2 is 1.96 bits per heavy atom. The van der Waals surface area contributed by atoms with Crippen LogP contribution < -0.4 is 10.2 Å². The third kappa shape index (κ3) is 4.48. The van der Waals surface area contributed by atoms with Gasteiger partial charge in [-0.05, 0) is 43.4 Å². The highest BCUT2D eigenvalue weighted by molar-refractivity contribution is 6.30. The van der Waals surface area contributed by atoms with E-state index in [1.54, 1.807) is 12.4 Å². The van der Waals surface area contributed by atoms with Gasteiger partial charge in [0.05, 0.1) is 5.56 Å². The van der Waals surface area contributed by atoms with E-state index in [1.807, 2.05) is 24.3 Å². The predicted octanol–water partition coefficient (Wildman–Crippen LogP) is 3.83. The third-order valence-corrected chi connectivity index (χ3v) is 4.87. The third-order valence-electron chi connectivity index (χ3n) is 4.62. The van der Waals surface area contributed by atoms with Crippen LogP contribution in [0.4, 0.5) is 5.95 Å². The fourth-order valence-corrected chi connectivity index (χ4v) is 3.29. The molecule has 5 nitrogen and oxygen atoms in total. The molecule has 1 aromatic carbocycles. The second kappa shape index (κ2) is 8.30. The number of aromatic nitrogens is 2. The van der Waals surface area contributed by atoms with Crippen molar-refractivity contribution in [3.05, 3.63) is 52.8 Å². The largest absolute Gasteiger partial charge is 0.348 e. The minimum absolute atomic E-state index is 0.174. The Hall–Kier alpha value is -2.14. The standard InChI is InChI=1S/C19H23ClN4O/c1-2-17-5-3-4-10-24(17)19-22-12-15(13-23-19)18(25)21-11-14-6-8-16(20)9-7-14/h6-9,12-13,17H,2-5,10-11H2,1H3,(H,21,25). The summed E-state index contributed by atoms with van der Waals surface area (Å²) in [6.07, 6.45) is 7.93. The van der Waals surface area contributed by atoms with Crippen molar-refractivity contribution in [2.75, 3.05) is 11.4 Å². The van der Waals surface area contributed by atoms with E-state index in [-0.39, 0.29) is 5.91 Å². The number of hydrogen-bond acceptors (Lipinski definition) is 4. The van der Waals surface area contributed by atoms with Crippen molar-refractivity contribution < 1.29 is 4.79 Å². The maximum atomic E-state index is 12.3. The highest BCUT2D eigenvalue weighted by atomic mass is 35.5. The van der Waals surface area contributed by atoms with E-state index in [0.717, 1.165) is 24.5 Å². The molecule has 2 heterocycles. The van der Waals surface area contributed by atoms with Gasteiger partial charge in [-0.25, -0.2) is 9.97 Å². The van der Waals surface area contributed by atoms with E-state index in [2.05, 4.69) is 27.1 Å². The summed E-state index contributed by atoms with van der Waals surface area (Å²) in [7, 11) is 0. The van der Waals surface area contributed by atoms with Crippen LogP contribution in [-0.4, -0.2) is 28.5 Å². The summed E-state index contributed by atoms with van der Waals surface area (Å²) in [5.41, 5.74) is 1.47. The van der Waals surface area contributed by atoms with Crippen LogP contribution in [-0.2, 0) is 6.54 Å². The number of hydrogen-bond donors (Lipinski definition) is 1. The molecule has 1 amide bonds. The summed E-state index contributed by atoms with van der Waals surface area (Å²) < 4.78 is 0. The van der Waals surface area contributed by atoms with Crippen LogP contribution in [0.3, 0.4) is 0 Å². The molecule has 3 rings (SSSR count). The Bertz CT molecular complexity index is 702. The lowest BCUT2D eigenvalue weighted by Gasteiger charge is -2.35. The fourth-order valence-electron chi connectivity index (χ4n) is 3.16. The van der Waals surface area contributed by atoms with Crippen molar-refractivity contribution in [2.24, 2.45) is 0 Å². The number of nitrogens with zero attached hydrogens (tertiary/aromatic N) is 3. The summed E-state index contributed by atoms with van der Waals surface area (Å²) in [5, 5.41) is 3.56. The first kappa shape index (κ1) is 17.7. The van der Waals surface area contributed by atoms with E-state index < -0.39 is 0 Å². The van der Waals surface area contributed by atoms with Gasteiger partial charge >= 0.3 is 0 Å². The van der Waals surface area contributed by atoms with Crippen molar-refractivity contribution in [3.63, 3.8) is 0 Å². The zero-order valence-corrected chi connectivity index (χ0v) is 15.2. The topological polar surface area (TPSA) is 58.1 Å². The van der Waals surface area contributed by atoms with Gasteiger partial charge in [-0.15, -0.1) is 0 Å². The van der Waals surface area contributed by atoms with Gasteiger partial charge in [0, 0.05) is 36.5 Å². The molecule has 1 unspecified atom stereocenters. The second-order valence-electron chi connectivity index (χ2n) is 6.33. The van der Waals surface area contributed by atoms with Gasteiger partial charge in [-0.3, -0.25) is 4.79 Å². The molecule has 132 valence electrons. The number of benzene rings is 1. The molecular weight excluding hydrogens is 336 g/mol. The first-order chi connectivity index (χ1) is 12.2. The molecule has 0 saturated carbocycles. The van der Waals surface area contributed by atoms with Crippen molar-refractivity contribution in [1.82, 2.24) is 15.3 Å². The average molecular weight is 359 g/mol. The van der Waals surface area contributed by atoms with Gasteiger partial charge < -0.3 is 10.2 Å². The molecule has 25 heavy (non-hydrogen) atoms. The maximum absolute atomic E-state index is 12.3. The molecule has 1 N–H and O–H groups in total. The summed E-state index contributed by atoms with van der Waals surface area (Å²) >= 11 is 5.86. The summed E-state index contributed by atoms with van der Waals surface area (Å²) in [4.78, 5) is 23.4. The number of carbonyl (C=O) groups excluding carboxylic acids is 1. The lowest BCUT2D eigenvalue weighted by atomic mass is 10.0. The maximum Gasteiger partial charge on any atom is 0.254 e. The van der Waals surface area contributed by atoms with E-state index in [4.69, 9.17) is 11.6 Å². The number of rotatable bonds is 5. The monoisotopic (exact) mass is 358 g/mol. The molecule has 1 aliphatic rings. The molecule has 2 aromatic rings. The van der Waals surface area contributed by atoms with E-state index >= 15 is 0 Å². The Labute approximate surface area is 153 Å². The van der Waals surface area contributed by atoms with Crippen molar-refractivity contribution in [2.45, 2.75) is 45.2 Å². The molecule has 6 heteroatoms. The molecule has 1 saturated heterocycles. The van der Waals surface area contributed by atoms with Crippen molar-refractivity contribution >= 4 is 23.5 Å². The quantitative estimate of drug-likeness (QED) is 0.882. The van der Waals surface area contributed by atoms with Crippen LogP contribution in [0.15, 0.2) is 36.7 Å². The molecular formula is C19H23ClN4O. The first-order valence-electron chi connectivity index (χ1n) is 8.78. The zero-order valence-electron chi connectivity index (χ0n) is 14.4. The average Bonchev–Trinajstić information content (AvgIpc) is 2.67. The zero-order chi connectivity index (χ0) is 17.6. The van der Waals surface area contributed by atoms with Crippen molar-refractivity contribution in [3.8, 4) is 0 Å². The molecule has 1 fully saturated rings. The van der Waals surface area contributed by atoms with Crippen molar-refractivity contribution in [1.29, 1.82) is 0 Å². The molecule has 0 bridgehead atoms. The summed E-state index contributed by atoms with van der Waals surface area (Å²) in [5.74, 6) is 0.549. The molecule has 1 atom stereocenters. The van der Waals surface area contributed by atoms with E-state index in [9.17, 15) is 4.79 Å². The minimum atomic E-state index is -0.174. The Balaban J connectivity index is 1.61. The number of piperidine rings is 1. The highest BCUT2D eigenvalue weighted by Gasteiger charge is 2.23. The molecule has 0 aliphatic carbocycles. The smallest absolute Gasteiger partial charge is 0.254 e. The van der Waals surface area contributed by atoms with Crippen LogP contribution in [0.1, 0.15) is 48.5 Å². The van der Waals surface area contributed by atoms with Gasteiger partial charge in [0.25, 0.3) is 5.91 Å². The summed E-state index contributed by atoms with van der Waals surface area (Å²) in [6.45, 7) is 3.63. The number of anilines is 1. The number of carbonyl (C=O) groups is 1. The van der Waals surface area contributed by atoms with Crippen LogP contribution >= 0.6 is 11.6 Å². The number of halogens is 1. The molecule has 0 spiro atoms. The van der Waals surface area contributed by atoms with Gasteiger partial charge in [0.2, 0.25) is 5.95 Å². The predicted molar refractivity (Wildman–Crippen MR) is 99.9 cm³/mol. The Morgan fingerprint density at radius 1 is 1.24 bits per heavy atom. The van der Waals surface area contributed by atoms with Crippen LogP contribution in [0, 0.1) is 0 Å². The molecule has 1 aromatic heterocycles. The summed E-state index contributed by atoms with van der Waals surface area (Å²) in [6, 6.07) is 7.90.